The van der Waals surface area contributed by atoms with Crippen molar-refractivity contribution in [2.24, 2.45) is 0 Å². The standard InChI is InChI=1S/C23H21N3O3S2/c1-24-31(28,29)15-17-8-3-2-7-16(17)14-25-23(27)19-13-21(22-11-6-12-30-22)26-20-10-5-4-9-18(19)20/h2-13,24H,14-15H2,1H3,(H,25,27). The summed E-state index contributed by atoms with van der Waals surface area (Å²) in [4.78, 5) is 18.8. The quantitative estimate of drug-likeness (QED) is 0.445. The predicted molar refractivity (Wildman–Crippen MR) is 124 cm³/mol. The maximum Gasteiger partial charge on any atom is 0.252 e. The topological polar surface area (TPSA) is 88.2 Å². The van der Waals surface area contributed by atoms with Crippen molar-refractivity contribution in [1.29, 1.82) is 0 Å². The van der Waals surface area contributed by atoms with Crippen LogP contribution in [0.25, 0.3) is 21.5 Å². The lowest BCUT2D eigenvalue weighted by Gasteiger charge is -2.13. The van der Waals surface area contributed by atoms with Gasteiger partial charge in [0.05, 0.1) is 27.4 Å². The van der Waals surface area contributed by atoms with E-state index in [1.807, 2.05) is 53.9 Å². The van der Waals surface area contributed by atoms with Gasteiger partial charge in [0.2, 0.25) is 10.0 Å². The summed E-state index contributed by atoms with van der Waals surface area (Å²) in [5.41, 5.74) is 3.44. The summed E-state index contributed by atoms with van der Waals surface area (Å²) in [5.74, 6) is -0.376. The SMILES string of the molecule is CNS(=O)(=O)Cc1ccccc1CNC(=O)c1cc(-c2cccs2)nc2ccccc12. The van der Waals surface area contributed by atoms with E-state index in [1.165, 1.54) is 7.05 Å². The van der Waals surface area contributed by atoms with Gasteiger partial charge in [0.1, 0.15) is 0 Å². The van der Waals surface area contributed by atoms with Gasteiger partial charge in [-0.2, -0.15) is 0 Å². The Balaban J connectivity index is 1.63. The maximum absolute atomic E-state index is 13.1. The van der Waals surface area contributed by atoms with E-state index in [2.05, 4.69) is 10.0 Å². The van der Waals surface area contributed by atoms with E-state index >= 15 is 0 Å². The minimum absolute atomic E-state index is 0.143. The molecule has 0 radical (unpaired) electrons. The van der Waals surface area contributed by atoms with Crippen molar-refractivity contribution in [3.8, 4) is 10.6 Å². The number of rotatable bonds is 7. The van der Waals surface area contributed by atoms with Crippen LogP contribution in [0.2, 0.25) is 0 Å². The monoisotopic (exact) mass is 451 g/mol. The Labute approximate surface area is 185 Å². The van der Waals surface area contributed by atoms with Crippen LogP contribution < -0.4 is 10.0 Å². The van der Waals surface area contributed by atoms with Gasteiger partial charge in [-0.1, -0.05) is 48.5 Å². The van der Waals surface area contributed by atoms with Crippen molar-refractivity contribution < 1.29 is 13.2 Å². The number of benzene rings is 2. The van der Waals surface area contributed by atoms with Crippen molar-refractivity contribution in [3.63, 3.8) is 0 Å². The molecule has 1 amide bonds. The number of carbonyl (C=O) groups excluding carboxylic acids is 1. The van der Waals surface area contributed by atoms with Gasteiger partial charge >= 0.3 is 0 Å². The number of amides is 1. The fourth-order valence-electron chi connectivity index (χ4n) is 3.33. The molecule has 0 atom stereocenters. The normalized spacial score (nSPS) is 11.5. The Kier molecular flexibility index (Phi) is 6.13. The second-order valence-electron chi connectivity index (χ2n) is 6.96. The smallest absolute Gasteiger partial charge is 0.252 e. The van der Waals surface area contributed by atoms with Gasteiger partial charge in [-0.25, -0.2) is 18.1 Å². The van der Waals surface area contributed by atoms with Crippen LogP contribution in [0.4, 0.5) is 0 Å². The largest absolute Gasteiger partial charge is 0.348 e. The van der Waals surface area contributed by atoms with E-state index in [0.717, 1.165) is 27.0 Å². The zero-order chi connectivity index (χ0) is 21.8. The number of hydrogen-bond donors (Lipinski definition) is 2. The molecule has 4 rings (SSSR count). The lowest BCUT2D eigenvalue weighted by Crippen LogP contribution is -2.25. The van der Waals surface area contributed by atoms with Gasteiger partial charge < -0.3 is 5.32 Å². The molecule has 2 heterocycles. The number of sulfonamides is 1. The van der Waals surface area contributed by atoms with Gasteiger partial charge in [-0.15, -0.1) is 11.3 Å². The van der Waals surface area contributed by atoms with Gasteiger partial charge in [-0.3, -0.25) is 4.79 Å². The van der Waals surface area contributed by atoms with Crippen molar-refractivity contribution in [2.75, 3.05) is 7.05 Å². The van der Waals surface area contributed by atoms with E-state index in [0.29, 0.717) is 11.1 Å². The van der Waals surface area contributed by atoms with Crippen LogP contribution in [0.15, 0.2) is 72.1 Å². The summed E-state index contributed by atoms with van der Waals surface area (Å²) in [6.07, 6.45) is 0. The second-order valence-corrected chi connectivity index (χ2v) is 9.84. The van der Waals surface area contributed by atoms with Crippen LogP contribution in [-0.2, 0) is 22.3 Å². The summed E-state index contributed by atoms with van der Waals surface area (Å²) in [5, 5.41) is 5.69. The van der Waals surface area contributed by atoms with Crippen molar-refractivity contribution in [1.82, 2.24) is 15.0 Å². The summed E-state index contributed by atoms with van der Waals surface area (Å²) in [7, 11) is -2.03. The zero-order valence-corrected chi connectivity index (χ0v) is 18.5. The van der Waals surface area contributed by atoms with Crippen LogP contribution in [-0.4, -0.2) is 26.4 Å². The third-order valence-electron chi connectivity index (χ3n) is 4.95. The highest BCUT2D eigenvalue weighted by Gasteiger charge is 2.16. The second kappa shape index (κ2) is 8.97. The highest BCUT2D eigenvalue weighted by atomic mass is 32.2. The summed E-state index contributed by atoms with van der Waals surface area (Å²) < 4.78 is 26.3. The van der Waals surface area contributed by atoms with E-state index in [1.54, 1.807) is 29.5 Å². The molecule has 0 bridgehead atoms. The fraction of sp³-hybridized carbons (Fsp3) is 0.130. The summed E-state index contributed by atoms with van der Waals surface area (Å²) in [6, 6.07) is 20.5. The summed E-state index contributed by atoms with van der Waals surface area (Å²) in [6.45, 7) is 0.221. The first-order valence-electron chi connectivity index (χ1n) is 9.67. The molecule has 2 N–H and O–H groups in total. The maximum atomic E-state index is 13.1. The van der Waals surface area contributed by atoms with Crippen LogP contribution in [0.3, 0.4) is 0 Å². The van der Waals surface area contributed by atoms with Crippen molar-refractivity contribution in [2.45, 2.75) is 12.3 Å². The third kappa shape index (κ3) is 4.82. The number of hydrogen-bond acceptors (Lipinski definition) is 5. The minimum Gasteiger partial charge on any atom is -0.348 e. The number of carbonyl (C=O) groups is 1. The van der Waals surface area contributed by atoms with E-state index in [-0.39, 0.29) is 18.2 Å². The van der Waals surface area contributed by atoms with Gasteiger partial charge in [0, 0.05) is 11.9 Å². The van der Waals surface area contributed by atoms with Crippen LogP contribution in [0.1, 0.15) is 21.5 Å². The Hall–Kier alpha value is -3.07. The van der Waals surface area contributed by atoms with E-state index in [4.69, 9.17) is 4.98 Å². The highest BCUT2D eigenvalue weighted by Crippen LogP contribution is 2.28. The fourth-order valence-corrected chi connectivity index (χ4v) is 4.85. The molecule has 158 valence electrons. The molecule has 8 heteroatoms. The van der Waals surface area contributed by atoms with E-state index < -0.39 is 10.0 Å². The lowest BCUT2D eigenvalue weighted by atomic mass is 10.1. The molecule has 4 aromatic rings. The molecular weight excluding hydrogens is 430 g/mol. The zero-order valence-electron chi connectivity index (χ0n) is 16.8. The number of aromatic nitrogens is 1. The first-order valence-corrected chi connectivity index (χ1v) is 12.2. The molecule has 0 saturated carbocycles. The molecule has 2 aromatic carbocycles. The lowest BCUT2D eigenvalue weighted by molar-refractivity contribution is 0.0952. The minimum atomic E-state index is -3.42. The molecule has 0 spiro atoms. The Morgan fingerprint density at radius 3 is 2.48 bits per heavy atom. The molecule has 0 aliphatic rings. The molecule has 31 heavy (non-hydrogen) atoms. The van der Waals surface area contributed by atoms with Gasteiger partial charge in [-0.05, 0) is 41.8 Å². The van der Waals surface area contributed by atoms with Gasteiger partial charge in [0.25, 0.3) is 5.91 Å². The number of fused-ring (bicyclic) bond motifs is 1. The molecule has 0 aliphatic heterocycles. The molecule has 6 nitrogen and oxygen atoms in total. The average Bonchev–Trinajstić information content (AvgIpc) is 3.32. The molecule has 0 saturated heterocycles. The van der Waals surface area contributed by atoms with Crippen LogP contribution >= 0.6 is 11.3 Å². The number of pyridine rings is 1. The van der Waals surface area contributed by atoms with Gasteiger partial charge in [0.15, 0.2) is 0 Å². The highest BCUT2D eigenvalue weighted by molar-refractivity contribution is 7.88. The molecule has 0 unspecified atom stereocenters. The Bertz CT molecular complexity index is 1330. The van der Waals surface area contributed by atoms with E-state index in [9.17, 15) is 13.2 Å². The number of nitrogens with zero attached hydrogens (tertiary/aromatic N) is 1. The van der Waals surface area contributed by atoms with Crippen molar-refractivity contribution in [3.05, 3.63) is 88.8 Å². The average molecular weight is 452 g/mol. The molecule has 2 aromatic heterocycles. The molecule has 0 aliphatic carbocycles. The molecule has 0 fully saturated rings. The first-order chi connectivity index (χ1) is 15.0. The predicted octanol–water partition coefficient (Wildman–Crippen LogP) is 3.94. The number of thiophene rings is 1. The van der Waals surface area contributed by atoms with Crippen molar-refractivity contribution >= 4 is 38.2 Å². The third-order valence-corrected chi connectivity index (χ3v) is 7.15. The van der Waals surface area contributed by atoms with Crippen LogP contribution in [0.5, 0.6) is 0 Å². The number of para-hydroxylation sites is 1. The summed E-state index contributed by atoms with van der Waals surface area (Å²) >= 11 is 1.57. The molecular formula is C23H21N3O3S2. The number of nitrogens with one attached hydrogen (secondary N) is 2. The van der Waals surface area contributed by atoms with Crippen LogP contribution in [0, 0.1) is 0 Å². The first kappa shape index (κ1) is 21.2. The Morgan fingerprint density at radius 1 is 1.00 bits per heavy atom. The Morgan fingerprint density at radius 2 is 1.74 bits per heavy atom.